The predicted octanol–water partition coefficient (Wildman–Crippen LogP) is 2.81. The Kier molecular flexibility index (Phi) is 5.49. The molecule has 0 aliphatic carbocycles. The number of hydrogen-bond donors (Lipinski definition) is 3. The number of anilines is 2. The predicted molar refractivity (Wildman–Crippen MR) is 101 cm³/mol. The minimum absolute atomic E-state index is 0.531. The van der Waals surface area contributed by atoms with Crippen LogP contribution in [0.4, 0.5) is 11.5 Å². The van der Waals surface area contributed by atoms with Gasteiger partial charge in [0.25, 0.3) is 11.3 Å². The van der Waals surface area contributed by atoms with Gasteiger partial charge in [-0.25, -0.2) is 14.2 Å². The summed E-state index contributed by atoms with van der Waals surface area (Å²) in [4.78, 5) is 8.58. The zero-order chi connectivity index (χ0) is 18.5. The fourth-order valence-electron chi connectivity index (χ4n) is 2.50. The molecule has 9 heteroatoms. The van der Waals surface area contributed by atoms with Crippen molar-refractivity contribution in [2.75, 3.05) is 24.3 Å². The van der Waals surface area contributed by atoms with Gasteiger partial charge in [0, 0.05) is 23.7 Å². The van der Waals surface area contributed by atoms with Gasteiger partial charge < -0.3 is 14.8 Å². The highest BCUT2D eigenvalue weighted by Gasteiger charge is 2.10. The number of rotatable bonds is 7. The van der Waals surface area contributed by atoms with Gasteiger partial charge in [-0.15, -0.1) is 0 Å². The second-order valence-corrected chi connectivity index (χ2v) is 6.05. The number of nitrogens with one attached hydrogen (secondary N) is 2. The molecule has 0 saturated carbocycles. The summed E-state index contributed by atoms with van der Waals surface area (Å²) < 4.78 is 32.6. The summed E-state index contributed by atoms with van der Waals surface area (Å²) in [5, 5.41) is 4.09. The number of aromatic nitrogens is 2. The van der Waals surface area contributed by atoms with E-state index < -0.39 is 11.3 Å². The van der Waals surface area contributed by atoms with Crippen LogP contribution >= 0.6 is 0 Å². The Morgan fingerprint density at radius 1 is 1.08 bits per heavy atom. The molecule has 3 N–H and O–H groups in total. The summed E-state index contributed by atoms with van der Waals surface area (Å²) in [5.41, 5.74) is 2.30. The molecule has 0 aliphatic heterocycles. The molecule has 3 rings (SSSR count). The maximum atomic E-state index is 10.7. The molecule has 2 aromatic carbocycles. The average molecular weight is 374 g/mol. The van der Waals surface area contributed by atoms with E-state index >= 15 is 0 Å². The summed E-state index contributed by atoms with van der Waals surface area (Å²) in [7, 11) is 3.16. The van der Waals surface area contributed by atoms with Crippen LogP contribution in [0.25, 0.3) is 10.9 Å². The smallest absolute Gasteiger partial charge is 0.259 e. The molecule has 3 aromatic rings. The minimum Gasteiger partial charge on any atom is -0.493 e. The number of ether oxygens (including phenoxy) is 2. The van der Waals surface area contributed by atoms with Crippen molar-refractivity contribution in [3.8, 4) is 11.5 Å². The van der Waals surface area contributed by atoms with Crippen molar-refractivity contribution in [2.45, 2.75) is 6.54 Å². The van der Waals surface area contributed by atoms with Crippen LogP contribution in [0, 0.1) is 0 Å². The molecule has 1 atom stereocenters. The second kappa shape index (κ2) is 7.98. The molecule has 0 spiro atoms. The van der Waals surface area contributed by atoms with Gasteiger partial charge >= 0.3 is 0 Å². The Morgan fingerprint density at radius 3 is 2.42 bits per heavy atom. The normalized spacial score (nSPS) is 11.8. The number of hydrogen-bond acceptors (Lipinski definition) is 6. The van der Waals surface area contributed by atoms with Crippen molar-refractivity contribution in [2.24, 2.45) is 0 Å². The van der Waals surface area contributed by atoms with Gasteiger partial charge in [-0.2, -0.15) is 0 Å². The fourth-order valence-corrected chi connectivity index (χ4v) is 2.84. The van der Waals surface area contributed by atoms with Crippen molar-refractivity contribution in [1.82, 2.24) is 9.97 Å². The van der Waals surface area contributed by atoms with Crippen LogP contribution < -0.4 is 19.5 Å². The standard InChI is InChI=1S/C17H18N4O4S/c1-24-15-7-13-14(8-16(15)25-2)19-10-20-17(13)18-9-11-3-5-12(6-4-11)21-26(22)23/h3-8,10,21H,9H2,1-2H3,(H,22,23)(H,18,19,20). The lowest BCUT2D eigenvalue weighted by molar-refractivity contribution is 0.356. The molecular formula is C17H18N4O4S. The highest BCUT2D eigenvalue weighted by molar-refractivity contribution is 7.80. The molecule has 8 nitrogen and oxygen atoms in total. The second-order valence-electron chi connectivity index (χ2n) is 5.35. The lowest BCUT2D eigenvalue weighted by Gasteiger charge is -2.12. The number of benzene rings is 2. The SMILES string of the molecule is COc1cc2ncnc(NCc3ccc(NS(=O)O)cc3)c2cc1OC. The summed E-state index contributed by atoms with van der Waals surface area (Å²) in [6.07, 6.45) is 1.49. The molecule has 0 bridgehead atoms. The molecular weight excluding hydrogens is 356 g/mol. The average Bonchev–Trinajstić information content (AvgIpc) is 2.65. The van der Waals surface area contributed by atoms with E-state index in [0.717, 1.165) is 16.5 Å². The highest BCUT2D eigenvalue weighted by atomic mass is 32.2. The Morgan fingerprint density at radius 2 is 1.77 bits per heavy atom. The van der Waals surface area contributed by atoms with Gasteiger partial charge in [0.1, 0.15) is 12.1 Å². The Labute approximate surface area is 153 Å². The third-order valence-electron chi connectivity index (χ3n) is 3.76. The van der Waals surface area contributed by atoms with E-state index in [1.807, 2.05) is 18.2 Å². The first-order valence-corrected chi connectivity index (χ1v) is 8.78. The van der Waals surface area contributed by atoms with E-state index in [9.17, 15) is 4.21 Å². The summed E-state index contributed by atoms with van der Waals surface area (Å²) >= 11 is -2.08. The van der Waals surface area contributed by atoms with Crippen LogP contribution in [-0.4, -0.2) is 32.9 Å². The fraction of sp³-hybridized carbons (Fsp3) is 0.176. The van der Waals surface area contributed by atoms with Crippen molar-refractivity contribution < 1.29 is 18.2 Å². The van der Waals surface area contributed by atoms with Crippen molar-refractivity contribution in [1.29, 1.82) is 0 Å². The Bertz CT molecular complexity index is 934. The Hall–Kier alpha value is -2.91. The molecule has 1 aromatic heterocycles. The van der Waals surface area contributed by atoms with Gasteiger partial charge in [-0.05, 0) is 23.8 Å². The van der Waals surface area contributed by atoms with Crippen molar-refractivity contribution in [3.05, 3.63) is 48.3 Å². The van der Waals surface area contributed by atoms with Crippen molar-refractivity contribution >= 4 is 33.7 Å². The summed E-state index contributed by atoms with van der Waals surface area (Å²) in [5.74, 6) is 1.88. The van der Waals surface area contributed by atoms with Crippen LogP contribution in [0.5, 0.6) is 11.5 Å². The molecule has 1 unspecified atom stereocenters. The van der Waals surface area contributed by atoms with E-state index in [1.54, 1.807) is 32.4 Å². The van der Waals surface area contributed by atoms with E-state index in [4.69, 9.17) is 14.0 Å². The molecule has 0 aliphatic rings. The lowest BCUT2D eigenvalue weighted by Crippen LogP contribution is -2.04. The van der Waals surface area contributed by atoms with Crippen LogP contribution in [-0.2, 0) is 17.8 Å². The van der Waals surface area contributed by atoms with Crippen LogP contribution in [0.3, 0.4) is 0 Å². The minimum atomic E-state index is -2.08. The largest absolute Gasteiger partial charge is 0.493 e. The van der Waals surface area contributed by atoms with Gasteiger partial charge in [0.05, 0.1) is 19.7 Å². The highest BCUT2D eigenvalue weighted by Crippen LogP contribution is 2.33. The maximum absolute atomic E-state index is 10.7. The molecule has 136 valence electrons. The zero-order valence-corrected chi connectivity index (χ0v) is 15.0. The topological polar surface area (TPSA) is 106 Å². The van der Waals surface area contributed by atoms with E-state index in [2.05, 4.69) is 20.0 Å². The number of nitrogens with zero attached hydrogens (tertiary/aromatic N) is 2. The van der Waals surface area contributed by atoms with Crippen molar-refractivity contribution in [3.63, 3.8) is 0 Å². The number of fused-ring (bicyclic) bond motifs is 1. The summed E-state index contributed by atoms with van der Waals surface area (Å²) in [6.45, 7) is 0.531. The van der Waals surface area contributed by atoms with E-state index in [-0.39, 0.29) is 0 Å². The third kappa shape index (κ3) is 4.01. The molecule has 0 radical (unpaired) electrons. The van der Waals surface area contributed by atoms with E-state index in [0.29, 0.717) is 29.5 Å². The lowest BCUT2D eigenvalue weighted by atomic mass is 10.2. The first kappa shape index (κ1) is 17.9. The molecule has 26 heavy (non-hydrogen) atoms. The number of methoxy groups -OCH3 is 2. The first-order valence-electron chi connectivity index (χ1n) is 7.67. The van der Waals surface area contributed by atoms with Gasteiger partial charge in [0.2, 0.25) is 0 Å². The first-order chi connectivity index (χ1) is 12.6. The quantitative estimate of drug-likeness (QED) is 0.546. The third-order valence-corrected chi connectivity index (χ3v) is 4.17. The monoisotopic (exact) mass is 374 g/mol. The molecule has 1 heterocycles. The van der Waals surface area contributed by atoms with Gasteiger partial charge in [-0.1, -0.05) is 12.1 Å². The van der Waals surface area contributed by atoms with Crippen LogP contribution in [0.15, 0.2) is 42.7 Å². The zero-order valence-electron chi connectivity index (χ0n) is 14.2. The molecule has 0 fully saturated rings. The van der Waals surface area contributed by atoms with Crippen LogP contribution in [0.2, 0.25) is 0 Å². The van der Waals surface area contributed by atoms with Gasteiger partial charge in [0.15, 0.2) is 11.5 Å². The summed E-state index contributed by atoms with van der Waals surface area (Å²) in [6, 6.07) is 10.8. The Balaban J connectivity index is 1.81. The molecule has 0 amide bonds. The molecule has 0 saturated heterocycles. The van der Waals surface area contributed by atoms with E-state index in [1.165, 1.54) is 6.33 Å². The van der Waals surface area contributed by atoms with Gasteiger partial charge in [-0.3, -0.25) is 9.27 Å². The van der Waals surface area contributed by atoms with Crippen LogP contribution in [0.1, 0.15) is 5.56 Å². The maximum Gasteiger partial charge on any atom is 0.259 e.